The van der Waals surface area contributed by atoms with Gasteiger partial charge in [0.2, 0.25) is 0 Å². The van der Waals surface area contributed by atoms with Gasteiger partial charge in [0.25, 0.3) is 0 Å². The van der Waals surface area contributed by atoms with Crippen molar-refractivity contribution in [1.29, 1.82) is 0 Å². The minimum Gasteiger partial charge on any atom is -0.466 e. The van der Waals surface area contributed by atoms with Gasteiger partial charge in [0.05, 0.1) is 6.61 Å². The molecule has 1 rings (SSSR count). The van der Waals surface area contributed by atoms with Gasteiger partial charge in [-0.05, 0) is 58.0 Å². The molecule has 1 aliphatic rings. The van der Waals surface area contributed by atoms with Gasteiger partial charge in [-0.1, -0.05) is 20.3 Å². The van der Waals surface area contributed by atoms with E-state index in [0.29, 0.717) is 13.0 Å². The van der Waals surface area contributed by atoms with Crippen LogP contribution in [0.5, 0.6) is 0 Å². The fourth-order valence-electron chi connectivity index (χ4n) is 2.33. The van der Waals surface area contributed by atoms with Crippen molar-refractivity contribution in [3.63, 3.8) is 0 Å². The fourth-order valence-corrected chi connectivity index (χ4v) is 2.33. The van der Waals surface area contributed by atoms with Crippen molar-refractivity contribution >= 4 is 5.97 Å². The van der Waals surface area contributed by atoms with Crippen LogP contribution in [0.4, 0.5) is 0 Å². The van der Waals surface area contributed by atoms with Crippen molar-refractivity contribution in [2.45, 2.75) is 71.8 Å². The molecule has 112 valence electrons. The molecule has 0 aromatic heterocycles. The molecule has 0 saturated heterocycles. The first-order valence-electron chi connectivity index (χ1n) is 8.03. The summed E-state index contributed by atoms with van der Waals surface area (Å²) in [6, 6.07) is 0.865. The first-order valence-corrected chi connectivity index (χ1v) is 8.03. The third kappa shape index (κ3) is 8.25. The summed E-state index contributed by atoms with van der Waals surface area (Å²) in [5.41, 5.74) is 0. The third-order valence-electron chi connectivity index (χ3n) is 3.69. The van der Waals surface area contributed by atoms with Crippen molar-refractivity contribution in [2.75, 3.05) is 19.7 Å². The van der Waals surface area contributed by atoms with Crippen molar-refractivity contribution in [3.05, 3.63) is 0 Å². The Morgan fingerprint density at radius 1 is 1.21 bits per heavy atom. The highest BCUT2D eigenvalue weighted by atomic mass is 16.5. The number of rotatable bonds is 11. The lowest BCUT2D eigenvalue weighted by Crippen LogP contribution is -2.29. The Hall–Kier alpha value is -0.570. The Bertz CT molecular complexity index is 249. The summed E-state index contributed by atoms with van der Waals surface area (Å²) in [5, 5.41) is 0. The van der Waals surface area contributed by atoms with Gasteiger partial charge in [-0.2, -0.15) is 0 Å². The van der Waals surface area contributed by atoms with Crippen LogP contribution >= 0.6 is 0 Å². The average Bonchev–Trinajstić information content (AvgIpc) is 3.16. The van der Waals surface area contributed by atoms with Gasteiger partial charge in [-0.25, -0.2) is 0 Å². The molecule has 0 unspecified atom stereocenters. The predicted octanol–water partition coefficient (Wildman–Crippen LogP) is 3.62. The van der Waals surface area contributed by atoms with E-state index in [0.717, 1.165) is 24.8 Å². The van der Waals surface area contributed by atoms with E-state index in [1.54, 1.807) is 0 Å². The summed E-state index contributed by atoms with van der Waals surface area (Å²) in [4.78, 5) is 13.9. The molecule has 0 amide bonds. The zero-order valence-corrected chi connectivity index (χ0v) is 13.0. The minimum absolute atomic E-state index is 0.0404. The zero-order valence-electron chi connectivity index (χ0n) is 13.0. The molecule has 0 bridgehead atoms. The minimum atomic E-state index is -0.0404. The van der Waals surface area contributed by atoms with Crippen LogP contribution in [0.25, 0.3) is 0 Å². The number of carbonyl (C=O) groups is 1. The number of hydrogen-bond acceptors (Lipinski definition) is 3. The highest BCUT2D eigenvalue weighted by molar-refractivity contribution is 5.69. The smallest absolute Gasteiger partial charge is 0.305 e. The molecule has 1 fully saturated rings. The summed E-state index contributed by atoms with van der Waals surface area (Å²) in [6.07, 6.45) is 8.00. The number of esters is 1. The molecular weight excluding hydrogens is 238 g/mol. The molecule has 0 aromatic carbocycles. The van der Waals surface area contributed by atoms with E-state index in [2.05, 4.69) is 18.7 Å². The molecule has 0 aliphatic heterocycles. The summed E-state index contributed by atoms with van der Waals surface area (Å²) in [5.74, 6) is 0.756. The van der Waals surface area contributed by atoms with Crippen molar-refractivity contribution in [2.24, 2.45) is 5.92 Å². The van der Waals surface area contributed by atoms with Gasteiger partial charge in [0.15, 0.2) is 0 Å². The second-order valence-corrected chi connectivity index (χ2v) is 6.07. The number of unbranched alkanes of at least 4 members (excludes halogenated alkanes) is 2. The SMILES string of the molecule is CCOC(=O)CCCCCN(CCC(C)C)C1CC1. The molecule has 1 aliphatic carbocycles. The lowest BCUT2D eigenvalue weighted by atomic mass is 10.1. The van der Waals surface area contributed by atoms with Crippen LogP contribution in [0.2, 0.25) is 0 Å². The topological polar surface area (TPSA) is 29.5 Å². The maximum atomic E-state index is 11.2. The van der Waals surface area contributed by atoms with E-state index in [4.69, 9.17) is 4.74 Å². The molecule has 3 heteroatoms. The Kier molecular flexibility index (Phi) is 8.11. The van der Waals surface area contributed by atoms with Gasteiger partial charge in [-0.3, -0.25) is 4.79 Å². The molecule has 0 radical (unpaired) electrons. The van der Waals surface area contributed by atoms with Crippen LogP contribution < -0.4 is 0 Å². The lowest BCUT2D eigenvalue weighted by molar-refractivity contribution is -0.143. The van der Waals surface area contributed by atoms with Crippen LogP contribution in [0, 0.1) is 5.92 Å². The van der Waals surface area contributed by atoms with Gasteiger partial charge in [0, 0.05) is 12.5 Å². The first-order chi connectivity index (χ1) is 9.13. The van der Waals surface area contributed by atoms with Crippen LogP contribution in [0.1, 0.15) is 65.7 Å². The van der Waals surface area contributed by atoms with Crippen LogP contribution in [-0.2, 0) is 9.53 Å². The van der Waals surface area contributed by atoms with Crippen molar-refractivity contribution < 1.29 is 9.53 Å². The normalized spacial score (nSPS) is 15.2. The molecule has 0 heterocycles. The summed E-state index contributed by atoms with van der Waals surface area (Å²) in [6.45, 7) is 9.42. The fraction of sp³-hybridized carbons (Fsp3) is 0.938. The highest BCUT2D eigenvalue weighted by Gasteiger charge is 2.28. The number of hydrogen-bond donors (Lipinski definition) is 0. The number of carbonyl (C=O) groups excluding carboxylic acids is 1. The van der Waals surface area contributed by atoms with E-state index in [-0.39, 0.29) is 5.97 Å². The largest absolute Gasteiger partial charge is 0.466 e. The Morgan fingerprint density at radius 2 is 1.95 bits per heavy atom. The molecule has 0 atom stereocenters. The van der Waals surface area contributed by atoms with Crippen molar-refractivity contribution in [1.82, 2.24) is 4.90 Å². The second kappa shape index (κ2) is 9.35. The molecule has 3 nitrogen and oxygen atoms in total. The van der Waals surface area contributed by atoms with E-state index < -0.39 is 0 Å². The van der Waals surface area contributed by atoms with E-state index >= 15 is 0 Å². The summed E-state index contributed by atoms with van der Waals surface area (Å²) >= 11 is 0. The quantitative estimate of drug-likeness (QED) is 0.424. The van der Waals surface area contributed by atoms with Crippen LogP contribution in [-0.4, -0.2) is 36.6 Å². The summed E-state index contributed by atoms with van der Waals surface area (Å²) < 4.78 is 4.93. The van der Waals surface area contributed by atoms with Gasteiger partial charge in [0.1, 0.15) is 0 Å². The van der Waals surface area contributed by atoms with Crippen molar-refractivity contribution in [3.8, 4) is 0 Å². The van der Waals surface area contributed by atoms with Gasteiger partial charge >= 0.3 is 5.97 Å². The number of ether oxygens (including phenoxy) is 1. The maximum Gasteiger partial charge on any atom is 0.305 e. The van der Waals surface area contributed by atoms with E-state index in [1.165, 1.54) is 38.8 Å². The predicted molar refractivity (Wildman–Crippen MR) is 79.2 cm³/mol. The Labute approximate surface area is 118 Å². The number of nitrogens with zero attached hydrogens (tertiary/aromatic N) is 1. The van der Waals surface area contributed by atoms with Gasteiger partial charge in [-0.15, -0.1) is 0 Å². The molecule has 0 spiro atoms. The zero-order chi connectivity index (χ0) is 14.1. The molecule has 1 saturated carbocycles. The third-order valence-corrected chi connectivity index (χ3v) is 3.69. The second-order valence-electron chi connectivity index (χ2n) is 6.07. The molecule has 0 N–H and O–H groups in total. The van der Waals surface area contributed by atoms with Crippen LogP contribution in [0.15, 0.2) is 0 Å². The lowest BCUT2D eigenvalue weighted by Gasteiger charge is -2.22. The highest BCUT2D eigenvalue weighted by Crippen LogP contribution is 2.27. The molecule has 19 heavy (non-hydrogen) atoms. The van der Waals surface area contributed by atoms with E-state index in [9.17, 15) is 4.79 Å². The molecular formula is C16H31NO2. The Morgan fingerprint density at radius 3 is 2.53 bits per heavy atom. The van der Waals surface area contributed by atoms with Crippen LogP contribution in [0.3, 0.4) is 0 Å². The van der Waals surface area contributed by atoms with E-state index in [1.807, 2.05) is 6.92 Å². The maximum absolute atomic E-state index is 11.2. The first kappa shape index (κ1) is 16.5. The summed E-state index contributed by atoms with van der Waals surface area (Å²) in [7, 11) is 0. The Balaban J connectivity index is 2.03. The molecule has 0 aromatic rings. The van der Waals surface area contributed by atoms with Gasteiger partial charge < -0.3 is 9.64 Å². The monoisotopic (exact) mass is 269 g/mol. The standard InChI is InChI=1S/C16H31NO2/c1-4-19-16(18)8-6-5-7-12-17(15-9-10-15)13-11-14(2)3/h14-15H,4-13H2,1-3H3. The average molecular weight is 269 g/mol.